The molecule has 0 aliphatic carbocycles. The summed E-state index contributed by atoms with van der Waals surface area (Å²) in [7, 11) is 0. The lowest BCUT2D eigenvalue weighted by atomic mass is 9.83. The first-order valence-electron chi connectivity index (χ1n) is 6.41. The second-order valence-electron chi connectivity index (χ2n) is 6.59. The van der Waals surface area contributed by atoms with E-state index in [-0.39, 0.29) is 10.8 Å². The van der Waals surface area contributed by atoms with Crippen molar-refractivity contribution in [1.29, 1.82) is 0 Å². The van der Waals surface area contributed by atoms with Crippen molar-refractivity contribution >= 4 is 22.7 Å². The molecule has 2 rings (SSSR count). The summed E-state index contributed by atoms with van der Waals surface area (Å²) < 4.78 is 0. The molecule has 0 bridgehead atoms. The number of hydrogen-bond donors (Lipinski definition) is 0. The summed E-state index contributed by atoms with van der Waals surface area (Å²) in [5, 5.41) is 4.45. The van der Waals surface area contributed by atoms with Gasteiger partial charge in [0, 0.05) is 9.75 Å². The van der Waals surface area contributed by atoms with Gasteiger partial charge >= 0.3 is 0 Å². The van der Waals surface area contributed by atoms with E-state index in [1.54, 1.807) is 11.3 Å². The highest BCUT2D eigenvalue weighted by Crippen LogP contribution is 2.35. The average Bonchev–Trinajstić information content (AvgIpc) is 2.83. The van der Waals surface area contributed by atoms with Gasteiger partial charge in [0.25, 0.3) is 0 Å². The van der Waals surface area contributed by atoms with Crippen molar-refractivity contribution in [1.82, 2.24) is 0 Å². The van der Waals surface area contributed by atoms with Crippen LogP contribution in [0.4, 0.5) is 0 Å². The van der Waals surface area contributed by atoms with E-state index in [2.05, 4.69) is 63.6 Å². The Morgan fingerprint density at radius 2 is 1.72 bits per heavy atom. The van der Waals surface area contributed by atoms with Gasteiger partial charge in [-0.25, -0.2) is 0 Å². The van der Waals surface area contributed by atoms with Crippen LogP contribution in [0.1, 0.15) is 49.9 Å². The Morgan fingerprint density at radius 1 is 1.00 bits per heavy atom. The number of thiophene rings is 2. The van der Waals surface area contributed by atoms with Crippen LogP contribution in [-0.4, -0.2) is 0 Å². The minimum absolute atomic E-state index is 0.236. The van der Waals surface area contributed by atoms with E-state index >= 15 is 0 Å². The molecule has 0 nitrogen and oxygen atoms in total. The van der Waals surface area contributed by atoms with Crippen molar-refractivity contribution in [2.75, 3.05) is 0 Å². The molecule has 0 amide bonds. The molecule has 2 aromatic heterocycles. The van der Waals surface area contributed by atoms with Crippen molar-refractivity contribution < 1.29 is 0 Å². The molecule has 2 heteroatoms. The molecule has 0 aromatic carbocycles. The van der Waals surface area contributed by atoms with Crippen molar-refractivity contribution in [2.45, 2.75) is 51.9 Å². The first-order chi connectivity index (χ1) is 8.29. The van der Waals surface area contributed by atoms with Gasteiger partial charge in [0.2, 0.25) is 0 Å². The molecule has 0 N–H and O–H groups in total. The zero-order chi connectivity index (χ0) is 13.4. The molecule has 0 atom stereocenters. The van der Waals surface area contributed by atoms with E-state index < -0.39 is 0 Å². The molecule has 2 aromatic rings. The Morgan fingerprint density at radius 3 is 2.22 bits per heavy atom. The van der Waals surface area contributed by atoms with Crippen LogP contribution in [0.5, 0.6) is 0 Å². The SMILES string of the molecule is CC(C)(C)c1ccc(CC(C)(C)c2ccsc2)s1. The fraction of sp³-hybridized carbons (Fsp3) is 0.500. The Kier molecular flexibility index (Phi) is 3.70. The van der Waals surface area contributed by atoms with Gasteiger partial charge in [-0.1, -0.05) is 34.6 Å². The number of rotatable bonds is 3. The average molecular weight is 278 g/mol. The lowest BCUT2D eigenvalue weighted by molar-refractivity contribution is 0.529. The van der Waals surface area contributed by atoms with Crippen LogP contribution in [0, 0.1) is 0 Å². The second-order valence-corrected chi connectivity index (χ2v) is 8.54. The molecular weight excluding hydrogens is 256 g/mol. The lowest BCUT2D eigenvalue weighted by Gasteiger charge is -2.23. The van der Waals surface area contributed by atoms with Gasteiger partial charge in [0.05, 0.1) is 0 Å². The maximum atomic E-state index is 2.34. The van der Waals surface area contributed by atoms with Gasteiger partial charge in [0.15, 0.2) is 0 Å². The van der Waals surface area contributed by atoms with Crippen molar-refractivity contribution in [3.05, 3.63) is 44.3 Å². The summed E-state index contributed by atoms with van der Waals surface area (Å²) >= 11 is 3.76. The number of hydrogen-bond acceptors (Lipinski definition) is 2. The predicted molar refractivity (Wildman–Crippen MR) is 84.1 cm³/mol. The summed E-state index contributed by atoms with van der Waals surface area (Å²) in [5.74, 6) is 0. The Hall–Kier alpha value is -0.600. The van der Waals surface area contributed by atoms with E-state index in [9.17, 15) is 0 Å². The summed E-state index contributed by atoms with van der Waals surface area (Å²) in [5.41, 5.74) is 1.97. The van der Waals surface area contributed by atoms with Gasteiger partial charge in [0.1, 0.15) is 0 Å². The van der Waals surface area contributed by atoms with Gasteiger partial charge in [-0.15, -0.1) is 11.3 Å². The van der Waals surface area contributed by atoms with Crippen LogP contribution in [0.2, 0.25) is 0 Å². The molecule has 98 valence electrons. The van der Waals surface area contributed by atoms with Crippen LogP contribution in [0.15, 0.2) is 29.0 Å². The molecule has 0 unspecified atom stereocenters. The molecule has 0 aliphatic heterocycles. The third-order valence-corrected chi connectivity index (χ3v) is 5.51. The van der Waals surface area contributed by atoms with Gasteiger partial charge in [-0.3, -0.25) is 0 Å². The molecular formula is C16H22S2. The molecule has 0 fully saturated rings. The molecule has 0 aliphatic rings. The molecule has 0 spiro atoms. The summed E-state index contributed by atoms with van der Waals surface area (Å²) in [4.78, 5) is 2.98. The van der Waals surface area contributed by atoms with E-state index in [1.165, 1.54) is 15.3 Å². The maximum Gasteiger partial charge on any atom is 0.0102 e. The van der Waals surface area contributed by atoms with E-state index in [1.807, 2.05) is 11.3 Å². The quantitative estimate of drug-likeness (QED) is 0.683. The molecule has 2 heterocycles. The zero-order valence-electron chi connectivity index (χ0n) is 11.9. The van der Waals surface area contributed by atoms with E-state index in [0.29, 0.717) is 0 Å². The lowest BCUT2D eigenvalue weighted by Crippen LogP contribution is -2.18. The Balaban J connectivity index is 2.17. The predicted octanol–water partition coefficient (Wildman–Crippen LogP) is 5.63. The Labute approximate surface area is 119 Å². The summed E-state index contributed by atoms with van der Waals surface area (Å²) in [6.45, 7) is 11.5. The summed E-state index contributed by atoms with van der Waals surface area (Å²) in [6.07, 6.45) is 1.13. The monoisotopic (exact) mass is 278 g/mol. The standard InChI is InChI=1S/C16H22S2/c1-15(2,3)14-7-6-13(18-14)10-16(4,5)12-8-9-17-11-12/h6-9,11H,10H2,1-5H3. The van der Waals surface area contributed by atoms with Crippen LogP contribution in [0.25, 0.3) is 0 Å². The second kappa shape index (κ2) is 4.82. The van der Waals surface area contributed by atoms with Crippen LogP contribution < -0.4 is 0 Å². The third kappa shape index (κ3) is 3.04. The highest BCUT2D eigenvalue weighted by Gasteiger charge is 2.23. The van der Waals surface area contributed by atoms with Gasteiger partial charge in [-0.2, -0.15) is 11.3 Å². The minimum Gasteiger partial charge on any atom is -0.152 e. The maximum absolute atomic E-state index is 2.34. The van der Waals surface area contributed by atoms with Crippen LogP contribution in [0.3, 0.4) is 0 Å². The van der Waals surface area contributed by atoms with Gasteiger partial charge < -0.3 is 0 Å². The topological polar surface area (TPSA) is 0 Å². The molecule has 0 radical (unpaired) electrons. The van der Waals surface area contributed by atoms with Gasteiger partial charge in [-0.05, 0) is 51.8 Å². The molecule has 0 saturated carbocycles. The fourth-order valence-corrected chi connectivity index (χ4v) is 4.21. The first-order valence-corrected chi connectivity index (χ1v) is 8.17. The fourth-order valence-electron chi connectivity index (χ4n) is 2.06. The molecule has 18 heavy (non-hydrogen) atoms. The normalized spacial score (nSPS) is 12.9. The van der Waals surface area contributed by atoms with Crippen molar-refractivity contribution in [3.63, 3.8) is 0 Å². The minimum atomic E-state index is 0.236. The summed E-state index contributed by atoms with van der Waals surface area (Å²) in [6, 6.07) is 6.85. The highest BCUT2D eigenvalue weighted by atomic mass is 32.1. The first kappa shape index (κ1) is 13.8. The van der Waals surface area contributed by atoms with E-state index in [0.717, 1.165) is 6.42 Å². The van der Waals surface area contributed by atoms with Crippen molar-refractivity contribution in [3.8, 4) is 0 Å². The van der Waals surface area contributed by atoms with E-state index in [4.69, 9.17) is 0 Å². The van der Waals surface area contributed by atoms with Crippen molar-refractivity contribution in [2.24, 2.45) is 0 Å². The largest absolute Gasteiger partial charge is 0.152 e. The zero-order valence-corrected chi connectivity index (χ0v) is 13.5. The molecule has 0 saturated heterocycles. The third-order valence-electron chi connectivity index (χ3n) is 3.32. The Bertz CT molecular complexity index is 495. The smallest absolute Gasteiger partial charge is 0.0102 e. The highest BCUT2D eigenvalue weighted by molar-refractivity contribution is 7.12. The van der Waals surface area contributed by atoms with Crippen LogP contribution in [-0.2, 0) is 17.3 Å². The van der Waals surface area contributed by atoms with Crippen LogP contribution >= 0.6 is 22.7 Å².